The number of aryl methyl sites for hydroxylation is 1. The summed E-state index contributed by atoms with van der Waals surface area (Å²) in [5.41, 5.74) is 1.16. The molecule has 1 N–H and O–H groups in total. The second-order valence-electron chi connectivity index (χ2n) is 7.75. The summed E-state index contributed by atoms with van der Waals surface area (Å²) < 4.78 is 11.3. The minimum atomic E-state index is -0.153. The highest BCUT2D eigenvalue weighted by molar-refractivity contribution is 5.74. The van der Waals surface area contributed by atoms with E-state index in [1.54, 1.807) is 0 Å². The molecule has 1 fully saturated rings. The summed E-state index contributed by atoms with van der Waals surface area (Å²) in [6.07, 6.45) is 3.45. The maximum absolute atomic E-state index is 12.6. The van der Waals surface area contributed by atoms with Gasteiger partial charge in [-0.05, 0) is 49.8 Å². The maximum atomic E-state index is 12.6. The largest absolute Gasteiger partial charge is 0.493 e. The molecule has 2 heterocycles. The van der Waals surface area contributed by atoms with Crippen molar-refractivity contribution in [3.63, 3.8) is 0 Å². The number of urea groups is 1. The molecule has 0 spiro atoms. The Hall–Kier alpha value is -2.57. The third kappa shape index (κ3) is 5.47. The number of hydrogen-bond acceptors (Lipinski definition) is 5. The summed E-state index contributed by atoms with van der Waals surface area (Å²) >= 11 is 0. The van der Waals surface area contributed by atoms with Gasteiger partial charge >= 0.3 is 6.03 Å². The van der Waals surface area contributed by atoms with E-state index in [-0.39, 0.29) is 12.1 Å². The van der Waals surface area contributed by atoms with Crippen LogP contribution in [0.1, 0.15) is 56.4 Å². The molecule has 0 radical (unpaired) electrons. The van der Waals surface area contributed by atoms with E-state index in [1.165, 1.54) is 0 Å². The van der Waals surface area contributed by atoms with Crippen molar-refractivity contribution in [2.75, 3.05) is 19.7 Å². The van der Waals surface area contributed by atoms with Crippen LogP contribution in [-0.2, 0) is 6.42 Å². The highest BCUT2D eigenvalue weighted by Crippen LogP contribution is 2.30. The van der Waals surface area contributed by atoms with Crippen molar-refractivity contribution in [1.82, 2.24) is 20.4 Å². The molecule has 1 aliphatic rings. The lowest BCUT2D eigenvalue weighted by Gasteiger charge is -2.33. The van der Waals surface area contributed by atoms with Crippen molar-refractivity contribution in [2.45, 2.75) is 52.5 Å². The van der Waals surface area contributed by atoms with E-state index >= 15 is 0 Å². The number of rotatable bonds is 7. The van der Waals surface area contributed by atoms with Crippen LogP contribution in [0.15, 0.2) is 28.8 Å². The first-order chi connectivity index (χ1) is 13.5. The number of benzene rings is 1. The molecule has 1 aliphatic heterocycles. The molecule has 28 heavy (non-hydrogen) atoms. The van der Waals surface area contributed by atoms with Gasteiger partial charge in [-0.25, -0.2) is 4.79 Å². The first-order valence-corrected chi connectivity index (χ1v) is 10.1. The molecular weight excluding hydrogens is 356 g/mol. The SMILES string of the molecule is Cc1cccc(OCCc2noc(C3CCCCN3C(=O)NCC(C)C)n2)c1. The van der Waals surface area contributed by atoms with Crippen molar-refractivity contribution in [3.8, 4) is 5.75 Å². The number of nitrogens with one attached hydrogen (secondary N) is 1. The number of carbonyl (C=O) groups excluding carboxylic acids is 1. The Morgan fingerprint density at radius 3 is 3.04 bits per heavy atom. The molecule has 1 unspecified atom stereocenters. The molecule has 7 heteroatoms. The molecule has 0 saturated carbocycles. The van der Waals surface area contributed by atoms with E-state index < -0.39 is 0 Å². The maximum Gasteiger partial charge on any atom is 0.318 e. The zero-order chi connectivity index (χ0) is 19.9. The van der Waals surface area contributed by atoms with Crippen LogP contribution in [0.5, 0.6) is 5.75 Å². The van der Waals surface area contributed by atoms with Crippen molar-refractivity contribution in [1.29, 1.82) is 0 Å². The van der Waals surface area contributed by atoms with Crippen LogP contribution in [0, 0.1) is 12.8 Å². The van der Waals surface area contributed by atoms with E-state index in [1.807, 2.05) is 36.1 Å². The van der Waals surface area contributed by atoms with E-state index in [0.717, 1.165) is 30.6 Å². The summed E-state index contributed by atoms with van der Waals surface area (Å²) in [6.45, 7) is 8.04. The molecule has 1 atom stereocenters. The number of amides is 2. The molecule has 1 saturated heterocycles. The Morgan fingerprint density at radius 1 is 1.39 bits per heavy atom. The number of carbonyl (C=O) groups is 1. The van der Waals surface area contributed by atoms with E-state index in [4.69, 9.17) is 9.26 Å². The Kier molecular flexibility index (Phi) is 6.90. The lowest BCUT2D eigenvalue weighted by molar-refractivity contribution is 0.131. The van der Waals surface area contributed by atoms with Gasteiger partial charge in [0, 0.05) is 19.5 Å². The molecule has 7 nitrogen and oxygen atoms in total. The number of piperidine rings is 1. The fraction of sp³-hybridized carbons (Fsp3) is 0.571. The van der Waals surface area contributed by atoms with Gasteiger partial charge in [-0.3, -0.25) is 0 Å². The van der Waals surface area contributed by atoms with Crippen LogP contribution < -0.4 is 10.1 Å². The Balaban J connectivity index is 1.57. The number of ether oxygens (including phenoxy) is 1. The van der Waals surface area contributed by atoms with Gasteiger partial charge in [-0.15, -0.1) is 0 Å². The number of likely N-dealkylation sites (tertiary alicyclic amines) is 1. The van der Waals surface area contributed by atoms with Crippen LogP contribution in [0.4, 0.5) is 4.79 Å². The number of nitrogens with zero attached hydrogens (tertiary/aromatic N) is 3. The van der Waals surface area contributed by atoms with Gasteiger partial charge in [0.05, 0.1) is 6.61 Å². The summed E-state index contributed by atoms with van der Waals surface area (Å²) in [5.74, 6) is 2.38. The molecule has 2 amide bonds. The topological polar surface area (TPSA) is 80.5 Å². The smallest absolute Gasteiger partial charge is 0.318 e. The standard InChI is InChI=1S/C21H30N4O3/c1-15(2)14-22-21(26)25-11-5-4-9-18(25)20-23-19(24-28-20)10-12-27-17-8-6-7-16(3)13-17/h6-8,13,15,18H,4-5,9-12,14H2,1-3H3,(H,22,26). The minimum absolute atomic E-state index is 0.0547. The average Bonchev–Trinajstić information content (AvgIpc) is 3.15. The van der Waals surface area contributed by atoms with Crippen LogP contribution in [-0.4, -0.2) is 40.8 Å². The van der Waals surface area contributed by atoms with E-state index in [2.05, 4.69) is 29.3 Å². The second-order valence-corrected chi connectivity index (χ2v) is 7.75. The number of hydrogen-bond donors (Lipinski definition) is 1. The summed E-state index contributed by atoms with van der Waals surface area (Å²) in [4.78, 5) is 18.9. The number of aromatic nitrogens is 2. The van der Waals surface area contributed by atoms with Gasteiger partial charge in [0.25, 0.3) is 0 Å². The first kappa shape index (κ1) is 20.2. The summed E-state index contributed by atoms with van der Waals surface area (Å²) in [6, 6.07) is 7.73. The van der Waals surface area contributed by atoms with E-state index in [0.29, 0.717) is 43.8 Å². The second kappa shape index (κ2) is 9.57. The van der Waals surface area contributed by atoms with Crippen molar-refractivity contribution in [2.24, 2.45) is 5.92 Å². The first-order valence-electron chi connectivity index (χ1n) is 10.1. The van der Waals surface area contributed by atoms with Gasteiger partial charge < -0.3 is 19.5 Å². The highest BCUT2D eigenvalue weighted by atomic mass is 16.5. The van der Waals surface area contributed by atoms with Gasteiger partial charge in [-0.2, -0.15) is 4.98 Å². The van der Waals surface area contributed by atoms with Crippen molar-refractivity contribution >= 4 is 6.03 Å². The fourth-order valence-corrected chi connectivity index (χ4v) is 3.29. The minimum Gasteiger partial charge on any atom is -0.493 e. The van der Waals surface area contributed by atoms with E-state index in [9.17, 15) is 4.79 Å². The monoisotopic (exact) mass is 386 g/mol. The van der Waals surface area contributed by atoms with Gasteiger partial charge in [0.2, 0.25) is 5.89 Å². The molecule has 0 bridgehead atoms. The van der Waals surface area contributed by atoms with Gasteiger partial charge in [0.15, 0.2) is 5.82 Å². The zero-order valence-corrected chi connectivity index (χ0v) is 17.0. The van der Waals surface area contributed by atoms with Crippen LogP contribution in [0.25, 0.3) is 0 Å². The van der Waals surface area contributed by atoms with Crippen LogP contribution in [0.2, 0.25) is 0 Å². The summed E-state index contributed by atoms with van der Waals surface area (Å²) in [7, 11) is 0. The predicted molar refractivity (Wildman–Crippen MR) is 106 cm³/mol. The molecule has 152 valence electrons. The molecule has 1 aromatic carbocycles. The Labute approximate surface area is 166 Å². The normalized spacial score (nSPS) is 17.0. The third-order valence-corrected chi connectivity index (χ3v) is 4.78. The van der Waals surface area contributed by atoms with Crippen molar-refractivity contribution in [3.05, 3.63) is 41.5 Å². The highest BCUT2D eigenvalue weighted by Gasteiger charge is 2.32. The fourth-order valence-electron chi connectivity index (χ4n) is 3.29. The quantitative estimate of drug-likeness (QED) is 0.781. The van der Waals surface area contributed by atoms with Gasteiger partial charge in [0.1, 0.15) is 11.8 Å². The lowest BCUT2D eigenvalue weighted by atomic mass is 10.0. The molecule has 1 aromatic heterocycles. The third-order valence-electron chi connectivity index (χ3n) is 4.78. The van der Waals surface area contributed by atoms with Crippen molar-refractivity contribution < 1.29 is 14.1 Å². The summed E-state index contributed by atoms with van der Waals surface area (Å²) in [5, 5.41) is 7.08. The Bertz CT molecular complexity index is 775. The molecule has 0 aliphatic carbocycles. The predicted octanol–water partition coefficient (Wildman–Crippen LogP) is 3.89. The zero-order valence-electron chi connectivity index (χ0n) is 17.0. The van der Waals surface area contributed by atoms with Gasteiger partial charge in [-0.1, -0.05) is 31.1 Å². The van der Waals surface area contributed by atoms with Crippen LogP contribution in [0.3, 0.4) is 0 Å². The van der Waals surface area contributed by atoms with Crippen LogP contribution >= 0.6 is 0 Å². The average molecular weight is 386 g/mol. The molecule has 3 rings (SSSR count). The molecule has 2 aromatic rings. The Morgan fingerprint density at radius 2 is 2.25 bits per heavy atom. The lowest BCUT2D eigenvalue weighted by Crippen LogP contribution is -2.45. The molecular formula is C21H30N4O3.